The maximum absolute atomic E-state index is 12.3. The topological polar surface area (TPSA) is 0 Å². The highest BCUT2D eigenvalue weighted by Gasteiger charge is 2.29. The summed E-state index contributed by atoms with van der Waals surface area (Å²) in [6.45, 7) is 9.85. The fourth-order valence-corrected chi connectivity index (χ4v) is 2.02. The van der Waals surface area contributed by atoms with Crippen LogP contribution in [0.3, 0.4) is 0 Å². The molecule has 0 heterocycles. The molecule has 0 N–H and O–H groups in total. The third-order valence-electron chi connectivity index (χ3n) is 2.96. The van der Waals surface area contributed by atoms with Gasteiger partial charge in [-0.15, -0.1) is 0 Å². The summed E-state index contributed by atoms with van der Waals surface area (Å²) < 4.78 is 37.0. The Morgan fingerprint density at radius 2 is 1.62 bits per heavy atom. The van der Waals surface area contributed by atoms with Gasteiger partial charge in [-0.2, -0.15) is 13.2 Å². The standard InChI is InChI=1S/C13H23F3/c1-6-12(8-13(14,15)16)11(5)10(4)7-9(2)3/h9-10H,6-8H2,1-5H3. The van der Waals surface area contributed by atoms with Gasteiger partial charge < -0.3 is 0 Å². The molecule has 0 radical (unpaired) electrons. The van der Waals surface area contributed by atoms with Crippen LogP contribution in [0.5, 0.6) is 0 Å². The molecule has 0 amide bonds. The van der Waals surface area contributed by atoms with Crippen LogP contribution in [0.15, 0.2) is 11.1 Å². The second kappa shape index (κ2) is 6.31. The molecule has 0 fully saturated rings. The zero-order valence-corrected chi connectivity index (χ0v) is 10.9. The van der Waals surface area contributed by atoms with Crippen molar-refractivity contribution in [1.82, 2.24) is 0 Å². The number of alkyl halides is 3. The summed E-state index contributed by atoms with van der Waals surface area (Å²) in [5, 5.41) is 0. The van der Waals surface area contributed by atoms with Gasteiger partial charge in [-0.1, -0.05) is 38.8 Å². The van der Waals surface area contributed by atoms with Crippen LogP contribution < -0.4 is 0 Å². The van der Waals surface area contributed by atoms with Crippen LogP contribution in [0.2, 0.25) is 0 Å². The molecular weight excluding hydrogens is 213 g/mol. The summed E-state index contributed by atoms with van der Waals surface area (Å²) in [5.74, 6) is 0.770. The lowest BCUT2D eigenvalue weighted by atomic mass is 9.88. The van der Waals surface area contributed by atoms with Gasteiger partial charge in [0.1, 0.15) is 0 Å². The predicted octanol–water partition coefficient (Wildman–Crippen LogP) is 5.35. The molecule has 0 rings (SSSR count). The Hall–Kier alpha value is -0.470. The van der Waals surface area contributed by atoms with Crippen molar-refractivity contribution in [2.75, 3.05) is 0 Å². The number of hydrogen-bond donors (Lipinski definition) is 0. The second-order valence-electron chi connectivity index (χ2n) is 4.96. The van der Waals surface area contributed by atoms with E-state index in [1.807, 2.05) is 13.8 Å². The highest BCUT2D eigenvalue weighted by atomic mass is 19.4. The van der Waals surface area contributed by atoms with Crippen LogP contribution in [0.25, 0.3) is 0 Å². The molecule has 0 aliphatic heterocycles. The summed E-state index contributed by atoms with van der Waals surface area (Å²) >= 11 is 0. The Morgan fingerprint density at radius 1 is 1.12 bits per heavy atom. The minimum absolute atomic E-state index is 0.247. The number of hydrogen-bond acceptors (Lipinski definition) is 0. The lowest BCUT2D eigenvalue weighted by molar-refractivity contribution is -0.127. The van der Waals surface area contributed by atoms with Crippen molar-refractivity contribution < 1.29 is 13.2 Å². The third-order valence-corrected chi connectivity index (χ3v) is 2.96. The van der Waals surface area contributed by atoms with Crippen LogP contribution in [0.1, 0.15) is 53.9 Å². The van der Waals surface area contributed by atoms with Crippen molar-refractivity contribution in [1.29, 1.82) is 0 Å². The quantitative estimate of drug-likeness (QED) is 0.565. The molecule has 1 unspecified atom stereocenters. The van der Waals surface area contributed by atoms with Gasteiger partial charge in [0.25, 0.3) is 0 Å². The van der Waals surface area contributed by atoms with Crippen molar-refractivity contribution >= 4 is 0 Å². The van der Waals surface area contributed by atoms with Gasteiger partial charge >= 0.3 is 6.18 Å². The molecule has 0 nitrogen and oxygen atoms in total. The summed E-state index contributed by atoms with van der Waals surface area (Å²) in [4.78, 5) is 0. The van der Waals surface area contributed by atoms with Gasteiger partial charge in [0.05, 0.1) is 6.42 Å². The Morgan fingerprint density at radius 3 is 1.94 bits per heavy atom. The van der Waals surface area contributed by atoms with E-state index in [4.69, 9.17) is 0 Å². The van der Waals surface area contributed by atoms with Crippen molar-refractivity contribution in [2.24, 2.45) is 11.8 Å². The molecule has 3 heteroatoms. The van der Waals surface area contributed by atoms with E-state index in [-0.39, 0.29) is 5.92 Å². The molecule has 0 bridgehead atoms. The van der Waals surface area contributed by atoms with Crippen LogP contribution in [0.4, 0.5) is 13.2 Å². The molecule has 16 heavy (non-hydrogen) atoms. The summed E-state index contributed by atoms with van der Waals surface area (Å²) in [6.07, 6.45) is -3.39. The Kier molecular flexibility index (Phi) is 6.13. The van der Waals surface area contributed by atoms with Crippen molar-refractivity contribution in [3.05, 3.63) is 11.1 Å². The number of rotatable bonds is 5. The van der Waals surface area contributed by atoms with Gasteiger partial charge in [0.2, 0.25) is 0 Å². The fourth-order valence-electron chi connectivity index (χ4n) is 2.02. The van der Waals surface area contributed by atoms with E-state index in [0.717, 1.165) is 12.0 Å². The first-order valence-electron chi connectivity index (χ1n) is 5.92. The van der Waals surface area contributed by atoms with Gasteiger partial charge in [-0.25, -0.2) is 0 Å². The van der Waals surface area contributed by atoms with E-state index in [9.17, 15) is 13.2 Å². The Bertz CT molecular complexity index is 236. The Labute approximate surface area is 96.9 Å². The summed E-state index contributed by atoms with van der Waals surface area (Å²) in [5.41, 5.74) is 1.48. The van der Waals surface area contributed by atoms with Crippen molar-refractivity contribution in [3.8, 4) is 0 Å². The highest BCUT2D eigenvalue weighted by Crippen LogP contribution is 2.31. The van der Waals surface area contributed by atoms with E-state index in [1.165, 1.54) is 0 Å². The molecule has 0 saturated heterocycles. The van der Waals surface area contributed by atoms with E-state index in [0.29, 0.717) is 17.9 Å². The maximum Gasteiger partial charge on any atom is 0.392 e. The Balaban J connectivity index is 4.72. The monoisotopic (exact) mass is 236 g/mol. The van der Waals surface area contributed by atoms with Crippen LogP contribution in [0, 0.1) is 11.8 Å². The lowest BCUT2D eigenvalue weighted by Crippen LogP contribution is -2.12. The van der Waals surface area contributed by atoms with Crippen molar-refractivity contribution in [2.45, 2.75) is 60.1 Å². The maximum atomic E-state index is 12.3. The summed E-state index contributed by atoms with van der Waals surface area (Å²) in [7, 11) is 0. The van der Waals surface area contributed by atoms with E-state index >= 15 is 0 Å². The van der Waals surface area contributed by atoms with Gasteiger partial charge in [0.15, 0.2) is 0 Å². The molecule has 0 spiro atoms. The van der Waals surface area contributed by atoms with Gasteiger partial charge in [-0.3, -0.25) is 0 Å². The molecule has 0 aromatic rings. The fraction of sp³-hybridized carbons (Fsp3) is 0.846. The SMILES string of the molecule is CCC(CC(F)(F)F)=C(C)C(C)CC(C)C. The molecular formula is C13H23F3. The molecule has 0 aromatic carbocycles. The third kappa shape index (κ3) is 6.19. The lowest BCUT2D eigenvalue weighted by Gasteiger charge is -2.20. The molecule has 0 aromatic heterocycles. The highest BCUT2D eigenvalue weighted by molar-refractivity contribution is 5.15. The largest absolute Gasteiger partial charge is 0.392 e. The number of halogens is 3. The smallest absolute Gasteiger partial charge is 0.171 e. The van der Waals surface area contributed by atoms with E-state index in [2.05, 4.69) is 13.8 Å². The molecule has 0 aliphatic rings. The van der Waals surface area contributed by atoms with Crippen molar-refractivity contribution in [3.63, 3.8) is 0 Å². The normalized spacial score (nSPS) is 16.3. The zero-order chi connectivity index (χ0) is 12.9. The molecule has 96 valence electrons. The van der Waals surface area contributed by atoms with Gasteiger partial charge in [0, 0.05) is 0 Å². The zero-order valence-electron chi connectivity index (χ0n) is 10.9. The van der Waals surface area contributed by atoms with Gasteiger partial charge in [-0.05, 0) is 31.6 Å². The number of allylic oxidation sites excluding steroid dienone is 2. The van der Waals surface area contributed by atoms with E-state index in [1.54, 1.807) is 6.92 Å². The second-order valence-corrected chi connectivity index (χ2v) is 4.96. The minimum Gasteiger partial charge on any atom is -0.171 e. The average molecular weight is 236 g/mol. The molecule has 0 saturated carbocycles. The molecule has 1 atom stereocenters. The minimum atomic E-state index is -4.08. The first-order valence-corrected chi connectivity index (χ1v) is 5.92. The predicted molar refractivity (Wildman–Crippen MR) is 62.3 cm³/mol. The van der Waals surface area contributed by atoms with Crippen LogP contribution in [-0.4, -0.2) is 6.18 Å². The molecule has 0 aliphatic carbocycles. The first kappa shape index (κ1) is 15.5. The van der Waals surface area contributed by atoms with Crippen LogP contribution >= 0.6 is 0 Å². The van der Waals surface area contributed by atoms with E-state index < -0.39 is 12.6 Å². The first-order chi connectivity index (χ1) is 7.17. The summed E-state index contributed by atoms with van der Waals surface area (Å²) in [6, 6.07) is 0. The van der Waals surface area contributed by atoms with Crippen LogP contribution in [-0.2, 0) is 0 Å². The average Bonchev–Trinajstić information content (AvgIpc) is 2.10.